The van der Waals surface area contributed by atoms with E-state index in [4.69, 9.17) is 9.72 Å². The zero-order chi connectivity index (χ0) is 21.1. The number of para-hydroxylation sites is 2. The predicted molar refractivity (Wildman–Crippen MR) is 118 cm³/mol. The van der Waals surface area contributed by atoms with Crippen LogP contribution in [0.4, 0.5) is 0 Å². The van der Waals surface area contributed by atoms with Gasteiger partial charge in [0.25, 0.3) is 0 Å². The number of carbonyl (C=O) groups is 1. The van der Waals surface area contributed by atoms with Crippen LogP contribution in [0.3, 0.4) is 0 Å². The average Bonchev–Trinajstić information content (AvgIpc) is 3.26. The molecule has 0 saturated heterocycles. The molecular formula is C24H29N4O2+. The Bertz CT molecular complexity index is 1160. The molecule has 0 aliphatic heterocycles. The van der Waals surface area contributed by atoms with Crippen LogP contribution >= 0.6 is 0 Å². The number of esters is 1. The standard InChI is InChI=1S/C24H28N4O2/c1-4-26(5-2)15-16-30-23(29)22-18(3)25-24-27(17-19-11-7-6-8-12-19)20-13-9-10-14-21(20)28(22)24/h6-14H,4-5,15-17H2,1-3H3/p+1. The van der Waals surface area contributed by atoms with Crippen molar-refractivity contribution in [2.24, 2.45) is 0 Å². The van der Waals surface area contributed by atoms with Gasteiger partial charge in [-0.1, -0.05) is 42.5 Å². The first-order chi connectivity index (χ1) is 14.6. The van der Waals surface area contributed by atoms with E-state index >= 15 is 0 Å². The van der Waals surface area contributed by atoms with Crippen LogP contribution in [0.2, 0.25) is 0 Å². The summed E-state index contributed by atoms with van der Waals surface area (Å²) in [7, 11) is 0. The van der Waals surface area contributed by atoms with Crippen molar-refractivity contribution in [2.45, 2.75) is 27.3 Å². The van der Waals surface area contributed by atoms with Gasteiger partial charge in [0.05, 0.1) is 36.4 Å². The van der Waals surface area contributed by atoms with Gasteiger partial charge in [-0.3, -0.25) is 4.40 Å². The van der Waals surface area contributed by atoms with Crippen molar-refractivity contribution in [1.82, 2.24) is 14.0 Å². The van der Waals surface area contributed by atoms with Crippen LogP contribution < -0.4 is 4.90 Å². The lowest BCUT2D eigenvalue weighted by Gasteiger charge is -2.15. The van der Waals surface area contributed by atoms with Crippen molar-refractivity contribution in [2.75, 3.05) is 26.2 Å². The highest BCUT2D eigenvalue weighted by Crippen LogP contribution is 2.25. The van der Waals surface area contributed by atoms with Crippen molar-refractivity contribution in [1.29, 1.82) is 0 Å². The second kappa shape index (κ2) is 8.71. The van der Waals surface area contributed by atoms with E-state index in [9.17, 15) is 4.79 Å². The van der Waals surface area contributed by atoms with E-state index in [1.165, 1.54) is 10.5 Å². The highest BCUT2D eigenvalue weighted by atomic mass is 16.5. The molecule has 2 heterocycles. The van der Waals surface area contributed by atoms with E-state index in [1.807, 2.05) is 47.7 Å². The van der Waals surface area contributed by atoms with Crippen molar-refractivity contribution < 1.29 is 14.4 Å². The molecule has 2 aromatic heterocycles. The van der Waals surface area contributed by atoms with E-state index in [0.29, 0.717) is 24.5 Å². The highest BCUT2D eigenvalue weighted by Gasteiger charge is 2.24. The molecule has 2 aromatic carbocycles. The molecule has 1 N–H and O–H groups in total. The summed E-state index contributed by atoms with van der Waals surface area (Å²) >= 11 is 0. The first-order valence-electron chi connectivity index (χ1n) is 10.6. The predicted octanol–water partition coefficient (Wildman–Crippen LogP) is 2.73. The molecule has 0 saturated carbocycles. The summed E-state index contributed by atoms with van der Waals surface area (Å²) < 4.78 is 9.76. The molecular weight excluding hydrogens is 376 g/mol. The first-order valence-corrected chi connectivity index (χ1v) is 10.6. The summed E-state index contributed by atoms with van der Waals surface area (Å²) in [6.07, 6.45) is 0. The Morgan fingerprint density at radius 1 is 1.00 bits per heavy atom. The minimum Gasteiger partial charge on any atom is -0.455 e. The van der Waals surface area contributed by atoms with Crippen LogP contribution in [0.5, 0.6) is 0 Å². The Kier molecular flexibility index (Phi) is 5.86. The first kappa shape index (κ1) is 20.2. The van der Waals surface area contributed by atoms with Crippen molar-refractivity contribution in [3.63, 3.8) is 0 Å². The molecule has 4 rings (SSSR count). The van der Waals surface area contributed by atoms with Crippen molar-refractivity contribution in [3.05, 3.63) is 71.5 Å². The molecule has 0 bridgehead atoms. The Morgan fingerprint density at radius 2 is 1.67 bits per heavy atom. The van der Waals surface area contributed by atoms with Crippen LogP contribution in [0.25, 0.3) is 16.8 Å². The fourth-order valence-electron chi connectivity index (χ4n) is 4.03. The molecule has 156 valence electrons. The number of aryl methyl sites for hydroxylation is 1. The number of carbonyl (C=O) groups excluding carboxylic acids is 1. The van der Waals surface area contributed by atoms with Crippen LogP contribution in [-0.2, 0) is 11.3 Å². The lowest BCUT2D eigenvalue weighted by Crippen LogP contribution is -3.11. The summed E-state index contributed by atoms with van der Waals surface area (Å²) in [5.74, 6) is 0.452. The minimum absolute atomic E-state index is 0.311. The molecule has 0 aliphatic rings. The molecule has 0 aliphatic carbocycles. The molecule has 6 nitrogen and oxygen atoms in total. The second-order valence-electron chi connectivity index (χ2n) is 7.58. The molecule has 0 amide bonds. The monoisotopic (exact) mass is 405 g/mol. The maximum Gasteiger partial charge on any atom is 0.357 e. The minimum atomic E-state index is -0.311. The number of benzene rings is 2. The maximum atomic E-state index is 13.0. The quantitative estimate of drug-likeness (QED) is 0.459. The number of fused-ring (bicyclic) bond motifs is 3. The van der Waals surface area contributed by atoms with E-state index in [0.717, 1.165) is 36.4 Å². The van der Waals surface area contributed by atoms with Gasteiger partial charge in [-0.15, -0.1) is 0 Å². The third kappa shape index (κ3) is 3.71. The lowest BCUT2D eigenvalue weighted by atomic mass is 10.2. The number of ether oxygens (including phenoxy) is 1. The molecule has 0 radical (unpaired) electrons. The van der Waals surface area contributed by atoms with Crippen LogP contribution in [0.15, 0.2) is 54.6 Å². The number of rotatable bonds is 8. The molecule has 0 spiro atoms. The van der Waals surface area contributed by atoms with Gasteiger partial charge in [-0.05, 0) is 38.5 Å². The van der Waals surface area contributed by atoms with Crippen molar-refractivity contribution >= 4 is 22.8 Å². The van der Waals surface area contributed by atoms with E-state index < -0.39 is 0 Å². The number of likely N-dealkylation sites (N-methyl/N-ethyl adjacent to an activating group) is 1. The number of nitrogens with zero attached hydrogens (tertiary/aromatic N) is 3. The summed E-state index contributed by atoms with van der Waals surface area (Å²) in [4.78, 5) is 19.2. The van der Waals surface area contributed by atoms with Gasteiger partial charge in [-0.25, -0.2) is 9.78 Å². The van der Waals surface area contributed by atoms with Gasteiger partial charge in [0.2, 0.25) is 5.78 Å². The topological polar surface area (TPSA) is 53.0 Å². The Balaban J connectivity index is 1.72. The highest BCUT2D eigenvalue weighted by molar-refractivity contribution is 5.93. The number of quaternary nitrogens is 1. The van der Waals surface area contributed by atoms with Crippen molar-refractivity contribution in [3.8, 4) is 0 Å². The number of imidazole rings is 2. The summed E-state index contributed by atoms with van der Waals surface area (Å²) in [6.45, 7) is 10.1. The van der Waals surface area contributed by atoms with Gasteiger partial charge >= 0.3 is 5.97 Å². The van der Waals surface area contributed by atoms with Gasteiger partial charge in [0.15, 0.2) is 5.69 Å². The average molecular weight is 406 g/mol. The lowest BCUT2D eigenvalue weighted by molar-refractivity contribution is -0.896. The van der Waals surface area contributed by atoms with Gasteiger partial charge in [-0.2, -0.15) is 0 Å². The van der Waals surface area contributed by atoms with Gasteiger partial charge in [0, 0.05) is 0 Å². The Morgan fingerprint density at radius 3 is 2.37 bits per heavy atom. The molecule has 0 unspecified atom stereocenters. The van der Waals surface area contributed by atoms with Crippen LogP contribution in [0.1, 0.15) is 35.6 Å². The van der Waals surface area contributed by atoms with Gasteiger partial charge < -0.3 is 14.2 Å². The summed E-state index contributed by atoms with van der Waals surface area (Å²) in [6, 6.07) is 18.4. The smallest absolute Gasteiger partial charge is 0.357 e. The zero-order valence-corrected chi connectivity index (χ0v) is 17.9. The second-order valence-corrected chi connectivity index (χ2v) is 7.58. The number of aromatic nitrogens is 3. The molecule has 0 atom stereocenters. The third-order valence-electron chi connectivity index (χ3n) is 5.75. The summed E-state index contributed by atoms with van der Waals surface area (Å²) in [5, 5.41) is 0. The van der Waals surface area contributed by atoms with E-state index in [1.54, 1.807) is 0 Å². The Labute approximate surface area is 176 Å². The van der Waals surface area contributed by atoms with E-state index in [-0.39, 0.29) is 5.97 Å². The molecule has 30 heavy (non-hydrogen) atoms. The van der Waals surface area contributed by atoms with Crippen LogP contribution in [-0.4, -0.2) is 46.2 Å². The normalized spacial score (nSPS) is 11.6. The number of hydrogen-bond donors (Lipinski definition) is 1. The maximum absolute atomic E-state index is 13.0. The molecule has 0 fully saturated rings. The fraction of sp³-hybridized carbons (Fsp3) is 0.333. The van der Waals surface area contributed by atoms with Crippen LogP contribution in [0, 0.1) is 6.92 Å². The third-order valence-corrected chi connectivity index (χ3v) is 5.75. The largest absolute Gasteiger partial charge is 0.455 e. The van der Waals surface area contributed by atoms with Gasteiger partial charge in [0.1, 0.15) is 13.2 Å². The SMILES string of the molecule is CC[NH+](CC)CCOC(=O)c1c(C)nc2n(Cc3ccccc3)c3ccccc3n12. The fourth-order valence-corrected chi connectivity index (χ4v) is 4.03. The van der Waals surface area contributed by atoms with E-state index in [2.05, 4.69) is 36.6 Å². The number of hydrogen-bond acceptors (Lipinski definition) is 3. The zero-order valence-electron chi connectivity index (χ0n) is 17.9. The molecule has 6 heteroatoms. The molecule has 4 aromatic rings. The summed E-state index contributed by atoms with van der Waals surface area (Å²) in [5.41, 5.74) is 4.41. The number of nitrogens with one attached hydrogen (secondary N) is 1. The Hall–Kier alpha value is -3.12.